The molecule has 0 bridgehead atoms. The molecule has 1 aliphatic rings. The number of carbonyl (C=O) groups is 1. The van der Waals surface area contributed by atoms with Crippen molar-refractivity contribution in [2.75, 3.05) is 12.3 Å². The summed E-state index contributed by atoms with van der Waals surface area (Å²) in [6, 6.07) is 4.05. The summed E-state index contributed by atoms with van der Waals surface area (Å²) in [5, 5.41) is 2.16. The molecule has 1 fully saturated rings. The smallest absolute Gasteiger partial charge is 0.273 e. The van der Waals surface area contributed by atoms with Crippen LogP contribution in [0, 0.1) is 0 Å². The fraction of sp³-hybridized carbons (Fsp3) is 0.308. The number of likely N-dealkylation sites (tertiary alicyclic amines) is 1. The van der Waals surface area contributed by atoms with Gasteiger partial charge in [-0.15, -0.1) is 11.3 Å². The minimum atomic E-state index is -0.0349. The Kier molecular flexibility index (Phi) is 3.16. The number of amides is 1. The van der Waals surface area contributed by atoms with Crippen molar-refractivity contribution in [2.24, 2.45) is 0 Å². The number of aromatic nitrogens is 2. The molecule has 2 N–H and O–H groups in total. The van der Waals surface area contributed by atoms with Gasteiger partial charge in [-0.1, -0.05) is 0 Å². The summed E-state index contributed by atoms with van der Waals surface area (Å²) in [7, 11) is 0. The summed E-state index contributed by atoms with van der Waals surface area (Å²) in [6.45, 7) is 0.767. The number of thiazole rings is 1. The second kappa shape index (κ2) is 4.97. The largest absolute Gasteiger partial charge is 0.375 e. The van der Waals surface area contributed by atoms with Crippen molar-refractivity contribution in [3.8, 4) is 0 Å². The van der Waals surface area contributed by atoms with Crippen LogP contribution in [0.3, 0.4) is 0 Å². The molecule has 1 amide bonds. The molecule has 0 aromatic carbocycles. The van der Waals surface area contributed by atoms with Crippen molar-refractivity contribution in [3.05, 3.63) is 41.2 Å². The number of nitrogens with zero attached hydrogens (tertiary/aromatic N) is 3. The molecule has 5 nitrogen and oxygen atoms in total. The van der Waals surface area contributed by atoms with Gasteiger partial charge in [-0.25, -0.2) is 4.98 Å². The molecule has 98 valence electrons. The number of rotatable bonds is 2. The van der Waals surface area contributed by atoms with Crippen LogP contribution < -0.4 is 5.73 Å². The van der Waals surface area contributed by atoms with Crippen LogP contribution in [0.2, 0.25) is 0 Å². The van der Waals surface area contributed by atoms with E-state index in [2.05, 4.69) is 9.97 Å². The quantitative estimate of drug-likeness (QED) is 0.910. The van der Waals surface area contributed by atoms with E-state index in [-0.39, 0.29) is 11.9 Å². The monoisotopic (exact) mass is 274 g/mol. The molecule has 0 saturated carbocycles. The molecule has 1 unspecified atom stereocenters. The minimum absolute atomic E-state index is 0.0349. The van der Waals surface area contributed by atoms with Gasteiger partial charge in [0.05, 0.1) is 6.04 Å². The molecular weight excluding hydrogens is 260 g/mol. The zero-order valence-electron chi connectivity index (χ0n) is 10.3. The topological polar surface area (TPSA) is 72.1 Å². The first-order valence-corrected chi connectivity index (χ1v) is 7.05. The highest BCUT2D eigenvalue weighted by Crippen LogP contribution is 2.32. The van der Waals surface area contributed by atoms with Crippen molar-refractivity contribution in [2.45, 2.75) is 18.9 Å². The molecule has 3 heterocycles. The van der Waals surface area contributed by atoms with Gasteiger partial charge in [0.2, 0.25) is 0 Å². The van der Waals surface area contributed by atoms with Gasteiger partial charge in [-0.3, -0.25) is 9.78 Å². The van der Waals surface area contributed by atoms with Gasteiger partial charge < -0.3 is 10.6 Å². The molecule has 1 aliphatic heterocycles. The van der Waals surface area contributed by atoms with Crippen molar-refractivity contribution < 1.29 is 4.79 Å². The second-order valence-corrected chi connectivity index (χ2v) is 5.40. The summed E-state index contributed by atoms with van der Waals surface area (Å²) in [5.41, 5.74) is 7.17. The zero-order valence-corrected chi connectivity index (χ0v) is 11.1. The lowest BCUT2D eigenvalue weighted by atomic mass is 10.1. The van der Waals surface area contributed by atoms with Gasteiger partial charge in [-0.05, 0) is 30.5 Å². The van der Waals surface area contributed by atoms with Crippen LogP contribution >= 0.6 is 11.3 Å². The van der Waals surface area contributed by atoms with E-state index in [9.17, 15) is 4.79 Å². The van der Waals surface area contributed by atoms with E-state index in [1.165, 1.54) is 11.3 Å². The van der Waals surface area contributed by atoms with Crippen LogP contribution in [-0.4, -0.2) is 27.3 Å². The highest BCUT2D eigenvalue weighted by Gasteiger charge is 2.31. The Balaban J connectivity index is 1.86. The van der Waals surface area contributed by atoms with Gasteiger partial charge in [0.25, 0.3) is 5.91 Å². The van der Waals surface area contributed by atoms with E-state index in [1.807, 2.05) is 17.0 Å². The number of anilines is 1. The third kappa shape index (κ3) is 2.31. The van der Waals surface area contributed by atoms with E-state index in [0.29, 0.717) is 10.8 Å². The predicted octanol–water partition coefficient (Wildman–Crippen LogP) is 2.10. The van der Waals surface area contributed by atoms with Crippen LogP contribution in [0.5, 0.6) is 0 Å². The third-order valence-corrected chi connectivity index (χ3v) is 4.02. The average molecular weight is 274 g/mol. The number of hydrogen-bond donors (Lipinski definition) is 1. The summed E-state index contributed by atoms with van der Waals surface area (Å²) in [5.74, 6) is -0.0349. The third-order valence-electron chi connectivity index (χ3n) is 3.35. The second-order valence-electron chi connectivity index (χ2n) is 4.51. The van der Waals surface area contributed by atoms with Crippen molar-refractivity contribution >= 4 is 22.4 Å². The molecule has 3 rings (SSSR count). The Morgan fingerprint density at radius 1 is 1.42 bits per heavy atom. The fourth-order valence-corrected chi connectivity index (χ4v) is 3.01. The molecule has 2 aromatic rings. The van der Waals surface area contributed by atoms with Gasteiger partial charge in [-0.2, -0.15) is 0 Å². The van der Waals surface area contributed by atoms with Gasteiger partial charge in [0, 0.05) is 24.3 Å². The maximum Gasteiger partial charge on any atom is 0.273 e. The molecule has 1 atom stereocenters. The van der Waals surface area contributed by atoms with Gasteiger partial charge in [0.15, 0.2) is 5.13 Å². The molecule has 19 heavy (non-hydrogen) atoms. The van der Waals surface area contributed by atoms with E-state index >= 15 is 0 Å². The maximum atomic E-state index is 12.4. The van der Waals surface area contributed by atoms with Crippen molar-refractivity contribution in [1.29, 1.82) is 0 Å². The van der Waals surface area contributed by atoms with Crippen molar-refractivity contribution in [3.63, 3.8) is 0 Å². The maximum absolute atomic E-state index is 12.4. The summed E-state index contributed by atoms with van der Waals surface area (Å²) >= 11 is 1.30. The van der Waals surface area contributed by atoms with Gasteiger partial charge in [0.1, 0.15) is 5.69 Å². The van der Waals surface area contributed by atoms with Crippen LogP contribution in [-0.2, 0) is 0 Å². The molecule has 0 spiro atoms. The summed E-state index contributed by atoms with van der Waals surface area (Å²) < 4.78 is 0. The Hall–Kier alpha value is -1.95. The Bertz CT molecular complexity index is 583. The Morgan fingerprint density at radius 3 is 2.89 bits per heavy atom. The number of carbonyl (C=O) groups excluding carboxylic acids is 1. The SMILES string of the molecule is Nc1nc(C(=O)N2CCCC2c2ccncc2)cs1. The minimum Gasteiger partial charge on any atom is -0.375 e. The van der Waals surface area contributed by atoms with Crippen LogP contribution in [0.4, 0.5) is 5.13 Å². The standard InChI is InChI=1S/C13H14N4OS/c14-13-16-10(8-19-13)12(18)17-7-1-2-11(17)9-3-5-15-6-4-9/h3-6,8,11H,1-2,7H2,(H2,14,16). The first kappa shape index (κ1) is 12.1. The molecule has 6 heteroatoms. The highest BCUT2D eigenvalue weighted by atomic mass is 32.1. The molecule has 0 aliphatic carbocycles. The summed E-state index contributed by atoms with van der Waals surface area (Å²) in [6.07, 6.45) is 5.52. The van der Waals surface area contributed by atoms with Crippen molar-refractivity contribution in [1.82, 2.24) is 14.9 Å². The van der Waals surface area contributed by atoms with Crippen LogP contribution in [0.25, 0.3) is 0 Å². The number of hydrogen-bond acceptors (Lipinski definition) is 5. The molecule has 0 radical (unpaired) electrons. The zero-order chi connectivity index (χ0) is 13.2. The lowest BCUT2D eigenvalue weighted by molar-refractivity contribution is 0.0730. The molecular formula is C13H14N4OS. The Morgan fingerprint density at radius 2 is 2.21 bits per heavy atom. The number of nitrogens with two attached hydrogens (primary N) is 1. The molecule has 2 aromatic heterocycles. The van der Waals surface area contributed by atoms with Gasteiger partial charge >= 0.3 is 0 Å². The van der Waals surface area contributed by atoms with E-state index in [4.69, 9.17) is 5.73 Å². The number of pyridine rings is 1. The summed E-state index contributed by atoms with van der Waals surface area (Å²) in [4.78, 5) is 22.4. The first-order chi connectivity index (χ1) is 9.25. The van der Waals surface area contributed by atoms with E-state index < -0.39 is 0 Å². The Labute approximate surface area is 115 Å². The normalized spacial score (nSPS) is 18.7. The average Bonchev–Trinajstić information content (AvgIpc) is 3.07. The first-order valence-electron chi connectivity index (χ1n) is 6.17. The lowest BCUT2D eigenvalue weighted by Crippen LogP contribution is -2.30. The lowest BCUT2D eigenvalue weighted by Gasteiger charge is -2.24. The predicted molar refractivity (Wildman–Crippen MR) is 73.8 cm³/mol. The highest BCUT2D eigenvalue weighted by molar-refractivity contribution is 7.13. The van der Waals surface area contributed by atoms with E-state index in [1.54, 1.807) is 17.8 Å². The molecule has 1 saturated heterocycles. The van der Waals surface area contributed by atoms with E-state index in [0.717, 1.165) is 24.9 Å². The fourth-order valence-electron chi connectivity index (χ4n) is 2.47. The number of nitrogen functional groups attached to an aromatic ring is 1. The van der Waals surface area contributed by atoms with Crippen LogP contribution in [0.1, 0.15) is 34.9 Å². The van der Waals surface area contributed by atoms with Crippen LogP contribution in [0.15, 0.2) is 29.9 Å².